The number of carbonyl (C=O) groups excluding carboxylic acids is 1. The van der Waals surface area contributed by atoms with Gasteiger partial charge in [0.1, 0.15) is 5.82 Å². The lowest BCUT2D eigenvalue weighted by molar-refractivity contribution is -0.157. The minimum Gasteiger partial charge on any atom is -0.379 e. The second kappa shape index (κ2) is 7.03. The molecular weight excluding hydrogens is 283 g/mol. The molecule has 1 fully saturated rings. The van der Waals surface area contributed by atoms with Gasteiger partial charge in [-0.1, -0.05) is 30.4 Å². The predicted molar refractivity (Wildman–Crippen MR) is 83.7 cm³/mol. The van der Waals surface area contributed by atoms with Gasteiger partial charge >= 0.3 is 0 Å². The van der Waals surface area contributed by atoms with E-state index < -0.39 is 5.60 Å². The largest absolute Gasteiger partial charge is 0.379 e. The van der Waals surface area contributed by atoms with Gasteiger partial charge in [-0.15, -0.1) is 0 Å². The third-order valence-corrected chi connectivity index (χ3v) is 3.87. The molecule has 0 aromatic heterocycles. The first-order valence-corrected chi connectivity index (χ1v) is 7.52. The van der Waals surface area contributed by atoms with Crippen molar-refractivity contribution < 1.29 is 14.3 Å². The number of benzene rings is 1. The van der Waals surface area contributed by atoms with Crippen molar-refractivity contribution in [3.8, 4) is 0 Å². The van der Waals surface area contributed by atoms with Gasteiger partial charge in [-0.05, 0) is 25.8 Å². The summed E-state index contributed by atoms with van der Waals surface area (Å²) in [5.74, 6) is -0.666. The van der Waals surface area contributed by atoms with Gasteiger partial charge in [0.25, 0.3) is 5.91 Å². The molecule has 1 aliphatic rings. The molecule has 4 nitrogen and oxygen atoms in total. The van der Waals surface area contributed by atoms with Crippen molar-refractivity contribution in [1.82, 2.24) is 10.2 Å². The van der Waals surface area contributed by atoms with Crippen molar-refractivity contribution in [1.29, 1.82) is 0 Å². The van der Waals surface area contributed by atoms with Gasteiger partial charge in [0.15, 0.2) is 5.60 Å². The summed E-state index contributed by atoms with van der Waals surface area (Å²) in [5.41, 5.74) is -0.0102. The minimum atomic E-state index is -1.42. The quantitative estimate of drug-likeness (QED) is 0.789. The Labute approximate surface area is 130 Å². The number of rotatable bonds is 6. The van der Waals surface area contributed by atoms with Crippen LogP contribution in [0.2, 0.25) is 0 Å². The van der Waals surface area contributed by atoms with E-state index in [0.717, 1.165) is 5.57 Å². The zero-order chi connectivity index (χ0) is 16.2. The lowest BCUT2D eigenvalue weighted by atomic mass is 9.91. The van der Waals surface area contributed by atoms with Crippen molar-refractivity contribution in [2.45, 2.75) is 31.9 Å². The van der Waals surface area contributed by atoms with Crippen LogP contribution in [0.1, 0.15) is 25.3 Å². The van der Waals surface area contributed by atoms with Gasteiger partial charge in [0.05, 0.1) is 0 Å². The molecule has 1 saturated heterocycles. The zero-order valence-electron chi connectivity index (χ0n) is 12.9. The first-order chi connectivity index (χ1) is 10.4. The summed E-state index contributed by atoms with van der Waals surface area (Å²) in [4.78, 5) is 14.1. The highest BCUT2D eigenvalue weighted by Crippen LogP contribution is 2.24. The molecule has 2 rings (SSSR count). The van der Waals surface area contributed by atoms with E-state index in [1.54, 1.807) is 18.2 Å². The van der Waals surface area contributed by atoms with Gasteiger partial charge in [-0.2, -0.15) is 0 Å². The molecule has 120 valence electrons. The molecule has 0 bridgehead atoms. The minimum absolute atomic E-state index is 0.187. The Kier molecular flexibility index (Phi) is 5.32. The summed E-state index contributed by atoms with van der Waals surface area (Å²) < 4.78 is 13.7. The van der Waals surface area contributed by atoms with Crippen LogP contribution >= 0.6 is 0 Å². The van der Waals surface area contributed by atoms with E-state index >= 15 is 0 Å². The van der Waals surface area contributed by atoms with Crippen LogP contribution in [-0.2, 0) is 11.3 Å². The number of likely N-dealkylation sites (tertiary alicyclic amines) is 1. The normalized spacial score (nSPS) is 22.0. The van der Waals surface area contributed by atoms with Crippen LogP contribution in [0, 0.1) is 5.82 Å². The van der Waals surface area contributed by atoms with Crippen LogP contribution < -0.4 is 5.32 Å². The number of amides is 1. The maximum Gasteiger partial charge on any atom is 0.256 e. The van der Waals surface area contributed by atoms with Crippen LogP contribution in [0.5, 0.6) is 0 Å². The molecule has 1 aromatic carbocycles. The molecule has 0 aliphatic carbocycles. The molecule has 1 unspecified atom stereocenters. The Balaban J connectivity index is 2.03. The first kappa shape index (κ1) is 16.6. The van der Waals surface area contributed by atoms with Gasteiger partial charge in [-0.25, -0.2) is 4.39 Å². The molecule has 5 heteroatoms. The van der Waals surface area contributed by atoms with E-state index in [-0.39, 0.29) is 24.8 Å². The fraction of sp³-hybridized carbons (Fsp3) is 0.471. The fourth-order valence-corrected chi connectivity index (χ4v) is 2.69. The van der Waals surface area contributed by atoms with E-state index in [0.29, 0.717) is 31.5 Å². The van der Waals surface area contributed by atoms with Crippen LogP contribution in [0.3, 0.4) is 0 Å². The van der Waals surface area contributed by atoms with Crippen LogP contribution in [-0.4, -0.2) is 41.1 Å². The standard InChI is InChI=1S/C17H23FN2O2/c1-13(2)10-19-12-17(22)8-5-9-20(16(17)21)11-14-6-3-4-7-15(14)18/h3-4,6-7,19,22H,1,5,8-12H2,2H3. The van der Waals surface area contributed by atoms with E-state index in [2.05, 4.69) is 11.9 Å². The molecule has 0 spiro atoms. The Hall–Kier alpha value is -1.72. The van der Waals surface area contributed by atoms with E-state index in [4.69, 9.17) is 0 Å². The maximum atomic E-state index is 13.7. The number of aliphatic hydroxyl groups is 1. The second-order valence-electron chi connectivity index (χ2n) is 6.01. The van der Waals surface area contributed by atoms with Gasteiger partial charge in [0, 0.05) is 31.7 Å². The second-order valence-corrected chi connectivity index (χ2v) is 6.01. The number of halogens is 1. The highest BCUT2D eigenvalue weighted by molar-refractivity contribution is 5.86. The van der Waals surface area contributed by atoms with Crippen LogP contribution in [0.4, 0.5) is 4.39 Å². The number of nitrogens with zero attached hydrogens (tertiary/aromatic N) is 1. The number of piperidine rings is 1. The number of carbonyl (C=O) groups is 1. The number of hydrogen-bond donors (Lipinski definition) is 2. The SMILES string of the molecule is C=C(C)CNCC1(O)CCCN(Cc2ccccc2F)C1=O. The maximum absolute atomic E-state index is 13.7. The molecule has 1 aromatic rings. The summed E-state index contributed by atoms with van der Waals surface area (Å²) in [6.45, 7) is 7.13. The van der Waals surface area contributed by atoms with Crippen molar-refractivity contribution in [2.24, 2.45) is 0 Å². The highest BCUT2D eigenvalue weighted by Gasteiger charge is 2.41. The van der Waals surface area contributed by atoms with Gasteiger partial charge in [-0.3, -0.25) is 4.79 Å². The Morgan fingerprint density at radius 1 is 1.50 bits per heavy atom. The van der Waals surface area contributed by atoms with Crippen molar-refractivity contribution in [3.63, 3.8) is 0 Å². The Morgan fingerprint density at radius 3 is 2.91 bits per heavy atom. The van der Waals surface area contributed by atoms with Crippen LogP contribution in [0.25, 0.3) is 0 Å². The molecule has 1 aliphatic heterocycles. The summed E-state index contributed by atoms with van der Waals surface area (Å²) in [7, 11) is 0. The van der Waals surface area contributed by atoms with E-state index in [1.165, 1.54) is 11.0 Å². The summed E-state index contributed by atoms with van der Waals surface area (Å²) in [6, 6.07) is 6.40. The molecule has 1 amide bonds. The van der Waals surface area contributed by atoms with E-state index in [1.807, 2.05) is 6.92 Å². The smallest absolute Gasteiger partial charge is 0.256 e. The first-order valence-electron chi connectivity index (χ1n) is 7.52. The molecule has 2 N–H and O–H groups in total. The molecule has 22 heavy (non-hydrogen) atoms. The summed E-state index contributed by atoms with van der Waals surface area (Å²) in [5, 5.41) is 13.6. The van der Waals surface area contributed by atoms with Crippen molar-refractivity contribution in [3.05, 3.63) is 47.8 Å². The van der Waals surface area contributed by atoms with Crippen molar-refractivity contribution in [2.75, 3.05) is 19.6 Å². The predicted octanol–water partition coefficient (Wildman–Crippen LogP) is 1.84. The molecular formula is C17H23FN2O2. The summed E-state index contributed by atoms with van der Waals surface area (Å²) in [6.07, 6.45) is 1.12. The topological polar surface area (TPSA) is 52.6 Å². The third kappa shape index (κ3) is 3.93. The fourth-order valence-electron chi connectivity index (χ4n) is 2.69. The van der Waals surface area contributed by atoms with E-state index in [9.17, 15) is 14.3 Å². The van der Waals surface area contributed by atoms with Crippen LogP contribution in [0.15, 0.2) is 36.4 Å². The third-order valence-electron chi connectivity index (χ3n) is 3.87. The summed E-state index contributed by atoms with van der Waals surface area (Å²) >= 11 is 0. The lowest BCUT2D eigenvalue weighted by Crippen LogP contribution is -2.57. The Morgan fingerprint density at radius 2 is 2.23 bits per heavy atom. The molecule has 0 radical (unpaired) electrons. The average molecular weight is 306 g/mol. The zero-order valence-corrected chi connectivity index (χ0v) is 12.9. The lowest BCUT2D eigenvalue weighted by Gasteiger charge is -2.38. The van der Waals surface area contributed by atoms with Crippen molar-refractivity contribution >= 4 is 5.91 Å². The highest BCUT2D eigenvalue weighted by atomic mass is 19.1. The Bertz CT molecular complexity index is 561. The number of hydrogen-bond acceptors (Lipinski definition) is 3. The van der Waals surface area contributed by atoms with Gasteiger partial charge < -0.3 is 15.3 Å². The molecule has 1 heterocycles. The monoisotopic (exact) mass is 306 g/mol. The van der Waals surface area contributed by atoms with Gasteiger partial charge in [0.2, 0.25) is 0 Å². The average Bonchev–Trinajstić information content (AvgIpc) is 2.46. The number of nitrogens with one attached hydrogen (secondary N) is 1. The molecule has 0 saturated carbocycles. The molecule has 1 atom stereocenters.